The van der Waals surface area contributed by atoms with E-state index in [0.717, 1.165) is 12.1 Å². The van der Waals surface area contributed by atoms with E-state index in [1.165, 1.54) is 12.1 Å². The van der Waals surface area contributed by atoms with Gasteiger partial charge in [-0.1, -0.05) is 12.1 Å². The molecule has 1 unspecified atom stereocenters. The minimum Gasteiger partial charge on any atom is -0.368 e. The number of hydrogen-bond donors (Lipinski definition) is 0. The molecule has 2 rings (SSSR count). The second-order valence-electron chi connectivity index (χ2n) is 2.74. The van der Waals surface area contributed by atoms with Crippen molar-refractivity contribution in [3.63, 3.8) is 0 Å². The predicted molar refractivity (Wildman–Crippen MR) is 40.1 cm³/mol. The summed E-state index contributed by atoms with van der Waals surface area (Å²) in [7, 11) is 0. The van der Waals surface area contributed by atoms with Gasteiger partial charge in [0.05, 0.1) is 14.9 Å². The molecule has 13 heavy (non-hydrogen) atoms. The summed E-state index contributed by atoms with van der Waals surface area (Å²) in [6, 6.07) is 4.32. The van der Waals surface area contributed by atoms with Gasteiger partial charge < -0.3 is 4.74 Å². The third-order valence-electron chi connectivity index (χ3n) is 1.78. The predicted octanol–water partition coefficient (Wildman–Crippen LogP) is 2.78. The molecule has 0 spiro atoms. The lowest BCUT2D eigenvalue weighted by Crippen LogP contribution is -2.04. The van der Waals surface area contributed by atoms with Crippen molar-refractivity contribution in [1.82, 2.24) is 0 Å². The average Bonchev–Trinajstić information content (AvgIpc) is 2.74. The van der Waals surface area contributed by atoms with Gasteiger partial charge in [0.25, 0.3) is 0 Å². The highest BCUT2D eigenvalue weighted by Crippen LogP contribution is 2.33. The summed E-state index contributed by atoms with van der Waals surface area (Å²) in [5.74, 6) is 0. The molecule has 0 radical (unpaired) electrons. The Kier molecular flexibility index (Phi) is 1.35. The van der Waals surface area contributed by atoms with Gasteiger partial charge in [-0.15, -0.1) is 0 Å². The Morgan fingerprint density at radius 1 is 1.31 bits per heavy atom. The van der Waals surface area contributed by atoms with Gasteiger partial charge in [-0.2, -0.15) is 13.2 Å². The standard InChI is InChI=1S/C9H7F3O/c10-9(11,12)7-3-1-6(2-4-7)8-5-13-8/h1-4,8H,5H2/i5D2. The van der Waals surface area contributed by atoms with Crippen molar-refractivity contribution in [2.75, 3.05) is 6.56 Å². The molecule has 0 amide bonds. The first-order valence-electron chi connectivity index (χ1n) is 4.66. The fourth-order valence-corrected chi connectivity index (χ4v) is 1.02. The van der Waals surface area contributed by atoms with Gasteiger partial charge in [0, 0.05) is 0 Å². The lowest BCUT2D eigenvalue weighted by Gasteiger charge is -2.06. The number of rotatable bonds is 1. The quantitative estimate of drug-likeness (QED) is 0.620. The molecule has 1 aliphatic heterocycles. The number of alkyl halides is 3. The van der Waals surface area contributed by atoms with E-state index in [-0.39, 0.29) is 0 Å². The van der Waals surface area contributed by atoms with Crippen LogP contribution in [-0.2, 0) is 10.9 Å². The Hall–Kier alpha value is -1.03. The van der Waals surface area contributed by atoms with Gasteiger partial charge >= 0.3 is 6.18 Å². The third kappa shape index (κ3) is 1.83. The Bertz CT molecular complexity index is 372. The van der Waals surface area contributed by atoms with Crippen molar-refractivity contribution in [2.45, 2.75) is 12.3 Å². The Morgan fingerprint density at radius 2 is 1.85 bits per heavy atom. The van der Waals surface area contributed by atoms with Gasteiger partial charge in [-0.25, -0.2) is 0 Å². The zero-order valence-electron chi connectivity index (χ0n) is 8.43. The molecule has 1 atom stereocenters. The van der Waals surface area contributed by atoms with Gasteiger partial charge in [-0.05, 0) is 17.7 Å². The molecular weight excluding hydrogens is 181 g/mol. The van der Waals surface area contributed by atoms with Crippen LogP contribution in [0, 0.1) is 0 Å². The topological polar surface area (TPSA) is 12.5 Å². The largest absolute Gasteiger partial charge is 0.416 e. The van der Waals surface area contributed by atoms with Crippen LogP contribution in [-0.4, -0.2) is 6.56 Å². The van der Waals surface area contributed by atoms with Crippen molar-refractivity contribution >= 4 is 0 Å². The maximum atomic E-state index is 12.2. The molecule has 0 bridgehead atoms. The molecule has 4 heteroatoms. The Balaban J connectivity index is 2.19. The van der Waals surface area contributed by atoms with Crippen LogP contribution in [0.4, 0.5) is 13.2 Å². The van der Waals surface area contributed by atoms with E-state index in [0.29, 0.717) is 5.56 Å². The van der Waals surface area contributed by atoms with E-state index in [4.69, 9.17) is 2.74 Å². The van der Waals surface area contributed by atoms with Gasteiger partial charge in [-0.3, -0.25) is 0 Å². The van der Waals surface area contributed by atoms with E-state index in [1.54, 1.807) is 0 Å². The molecule has 0 aromatic heterocycles. The summed E-state index contributed by atoms with van der Waals surface area (Å²) in [5, 5.41) is 0. The molecule has 0 N–H and O–H groups in total. The number of epoxide rings is 1. The summed E-state index contributed by atoms with van der Waals surface area (Å²) < 4.78 is 55.5. The van der Waals surface area contributed by atoms with Crippen LogP contribution in [0.1, 0.15) is 20.0 Å². The molecule has 0 aliphatic carbocycles. The van der Waals surface area contributed by atoms with Crippen LogP contribution < -0.4 is 0 Å². The van der Waals surface area contributed by atoms with E-state index in [2.05, 4.69) is 4.74 Å². The first-order valence-corrected chi connectivity index (χ1v) is 3.66. The van der Waals surface area contributed by atoms with Crippen molar-refractivity contribution in [3.05, 3.63) is 35.4 Å². The second-order valence-corrected chi connectivity index (χ2v) is 2.74. The summed E-state index contributed by atoms with van der Waals surface area (Å²) >= 11 is 0. The third-order valence-corrected chi connectivity index (χ3v) is 1.78. The first kappa shape index (κ1) is 6.43. The second kappa shape index (κ2) is 2.73. The van der Waals surface area contributed by atoms with Crippen LogP contribution in [0.25, 0.3) is 0 Å². The van der Waals surface area contributed by atoms with Crippen LogP contribution in [0.3, 0.4) is 0 Å². The summed E-state index contributed by atoms with van der Waals surface area (Å²) in [6.45, 7) is -1.74. The summed E-state index contributed by atoms with van der Waals surface area (Å²) in [6.07, 6.45) is -5.10. The first-order chi connectivity index (χ1) is 6.81. The van der Waals surface area contributed by atoms with E-state index in [9.17, 15) is 13.2 Å². The van der Waals surface area contributed by atoms with Gasteiger partial charge in [0.2, 0.25) is 0 Å². The lowest BCUT2D eigenvalue weighted by atomic mass is 10.1. The smallest absolute Gasteiger partial charge is 0.368 e. The minimum absolute atomic E-state index is 0.424. The monoisotopic (exact) mass is 190 g/mol. The summed E-state index contributed by atoms with van der Waals surface area (Å²) in [5.41, 5.74) is -0.319. The molecule has 1 saturated heterocycles. The Labute approximate surface area is 75.9 Å². The molecule has 1 aromatic rings. The fraction of sp³-hybridized carbons (Fsp3) is 0.333. The van der Waals surface area contributed by atoms with Crippen molar-refractivity contribution in [1.29, 1.82) is 0 Å². The summed E-state index contributed by atoms with van der Waals surface area (Å²) in [4.78, 5) is 0. The minimum atomic E-state index is -4.36. The molecule has 1 fully saturated rings. The zero-order valence-corrected chi connectivity index (χ0v) is 6.43. The zero-order chi connectivity index (χ0) is 11.3. The number of benzene rings is 1. The fourth-order valence-electron chi connectivity index (χ4n) is 1.02. The highest BCUT2D eigenvalue weighted by atomic mass is 19.4. The van der Waals surface area contributed by atoms with Gasteiger partial charge in [0.1, 0.15) is 6.10 Å². The molecule has 1 aliphatic rings. The molecule has 1 nitrogen and oxygen atoms in total. The molecular formula is C9H7F3O. The number of hydrogen-bond acceptors (Lipinski definition) is 1. The van der Waals surface area contributed by atoms with E-state index < -0.39 is 24.4 Å². The van der Waals surface area contributed by atoms with E-state index in [1.807, 2.05) is 0 Å². The van der Waals surface area contributed by atoms with Crippen LogP contribution >= 0.6 is 0 Å². The van der Waals surface area contributed by atoms with Crippen molar-refractivity contribution < 1.29 is 20.6 Å². The van der Waals surface area contributed by atoms with Crippen molar-refractivity contribution in [2.24, 2.45) is 0 Å². The van der Waals surface area contributed by atoms with Crippen LogP contribution in [0.15, 0.2) is 24.3 Å². The highest BCUT2D eigenvalue weighted by molar-refractivity contribution is 5.27. The maximum Gasteiger partial charge on any atom is 0.416 e. The molecule has 1 heterocycles. The molecule has 1 aromatic carbocycles. The van der Waals surface area contributed by atoms with Gasteiger partial charge in [0.15, 0.2) is 0 Å². The Morgan fingerprint density at radius 3 is 2.23 bits per heavy atom. The lowest BCUT2D eigenvalue weighted by molar-refractivity contribution is -0.137. The molecule has 70 valence electrons. The van der Waals surface area contributed by atoms with Crippen molar-refractivity contribution in [3.8, 4) is 0 Å². The van der Waals surface area contributed by atoms with Crippen LogP contribution in [0.2, 0.25) is 0 Å². The normalized spacial score (nSPS) is 27.8. The van der Waals surface area contributed by atoms with E-state index >= 15 is 0 Å². The average molecular weight is 190 g/mol. The maximum absolute atomic E-state index is 12.2. The van der Waals surface area contributed by atoms with Crippen LogP contribution in [0.5, 0.6) is 0 Å². The number of halogens is 3. The number of ether oxygens (including phenoxy) is 1. The highest BCUT2D eigenvalue weighted by Gasteiger charge is 2.31. The molecule has 0 saturated carbocycles. The SMILES string of the molecule is [2H]C1([2H])OC1c1ccc(C(F)(F)F)cc1.